The van der Waals surface area contributed by atoms with Crippen LogP contribution in [0.4, 0.5) is 5.69 Å². The first-order valence-electron chi connectivity index (χ1n) is 8.33. The third-order valence-corrected chi connectivity index (χ3v) is 4.32. The van der Waals surface area contributed by atoms with Gasteiger partial charge in [0.15, 0.2) is 0 Å². The minimum absolute atomic E-state index is 0.229. The Balaban J connectivity index is 1.40. The molecule has 0 saturated heterocycles. The molecular formula is C20H14BrN5O2. The maximum absolute atomic E-state index is 12.4. The van der Waals surface area contributed by atoms with Gasteiger partial charge in [0.2, 0.25) is 5.88 Å². The van der Waals surface area contributed by atoms with Crippen molar-refractivity contribution in [3.05, 3.63) is 89.6 Å². The molecule has 2 heterocycles. The Kier molecular flexibility index (Phi) is 5.11. The second-order valence-electron chi connectivity index (χ2n) is 5.79. The van der Waals surface area contributed by atoms with E-state index in [1.165, 1.54) is 6.33 Å². The summed E-state index contributed by atoms with van der Waals surface area (Å²) in [6.45, 7) is 0. The smallest absolute Gasteiger partial charge is 0.255 e. The largest absolute Gasteiger partial charge is 0.439 e. The van der Waals surface area contributed by atoms with Crippen LogP contribution in [0.1, 0.15) is 10.4 Å². The van der Waals surface area contributed by atoms with Crippen LogP contribution in [0.3, 0.4) is 0 Å². The van der Waals surface area contributed by atoms with Gasteiger partial charge in [-0.1, -0.05) is 22.0 Å². The molecule has 0 bridgehead atoms. The zero-order valence-electron chi connectivity index (χ0n) is 14.5. The van der Waals surface area contributed by atoms with Crippen molar-refractivity contribution in [3.63, 3.8) is 0 Å². The molecule has 0 radical (unpaired) electrons. The molecule has 4 aromatic rings. The molecule has 0 spiro atoms. The van der Waals surface area contributed by atoms with E-state index in [2.05, 4.69) is 36.3 Å². The molecule has 0 aliphatic heterocycles. The second-order valence-corrected chi connectivity index (χ2v) is 6.70. The van der Waals surface area contributed by atoms with Crippen molar-refractivity contribution in [2.24, 2.45) is 0 Å². The summed E-state index contributed by atoms with van der Waals surface area (Å²) in [6, 6.07) is 18.0. The molecule has 0 unspecified atom stereocenters. The van der Waals surface area contributed by atoms with Crippen LogP contribution in [0.2, 0.25) is 0 Å². The van der Waals surface area contributed by atoms with Crippen molar-refractivity contribution in [1.82, 2.24) is 19.7 Å². The number of rotatable bonds is 5. The van der Waals surface area contributed by atoms with Crippen molar-refractivity contribution in [3.8, 4) is 17.3 Å². The van der Waals surface area contributed by atoms with Gasteiger partial charge in [-0.25, -0.2) is 14.6 Å². The second kappa shape index (κ2) is 8.01. The molecular weight excluding hydrogens is 422 g/mol. The zero-order chi connectivity index (χ0) is 19.3. The van der Waals surface area contributed by atoms with Crippen LogP contribution in [-0.2, 0) is 0 Å². The Hall–Kier alpha value is -3.52. The third kappa shape index (κ3) is 4.24. The van der Waals surface area contributed by atoms with E-state index in [1.807, 2.05) is 24.3 Å². The number of aromatic nitrogens is 4. The Morgan fingerprint density at radius 3 is 2.61 bits per heavy atom. The average Bonchev–Trinajstić information content (AvgIpc) is 3.24. The van der Waals surface area contributed by atoms with Gasteiger partial charge in [0, 0.05) is 16.1 Å². The minimum atomic E-state index is -0.229. The van der Waals surface area contributed by atoms with Gasteiger partial charge in [-0.05, 0) is 48.5 Å². The highest BCUT2D eigenvalue weighted by Crippen LogP contribution is 2.23. The molecule has 138 valence electrons. The number of anilines is 1. The number of nitrogens with zero attached hydrogens (tertiary/aromatic N) is 4. The first kappa shape index (κ1) is 17.9. The lowest BCUT2D eigenvalue weighted by atomic mass is 10.2. The van der Waals surface area contributed by atoms with Gasteiger partial charge in [0.05, 0.1) is 17.6 Å². The average molecular weight is 436 g/mol. The van der Waals surface area contributed by atoms with Gasteiger partial charge in [-0.3, -0.25) is 4.79 Å². The van der Waals surface area contributed by atoms with Crippen LogP contribution in [-0.4, -0.2) is 25.7 Å². The highest BCUT2D eigenvalue weighted by atomic mass is 79.9. The Bertz CT molecular complexity index is 1080. The molecule has 1 N–H and O–H groups in total. The third-order valence-electron chi connectivity index (χ3n) is 3.83. The van der Waals surface area contributed by atoms with Crippen LogP contribution in [0.15, 0.2) is 84.0 Å². The predicted octanol–water partition coefficient (Wildman–Crippen LogP) is 4.47. The van der Waals surface area contributed by atoms with Crippen LogP contribution in [0, 0.1) is 0 Å². The Morgan fingerprint density at radius 1 is 1.07 bits per heavy atom. The van der Waals surface area contributed by atoms with Crippen LogP contribution < -0.4 is 10.1 Å². The van der Waals surface area contributed by atoms with Crippen molar-refractivity contribution in [1.29, 1.82) is 0 Å². The maximum atomic E-state index is 12.4. The summed E-state index contributed by atoms with van der Waals surface area (Å²) in [5, 5.41) is 6.87. The summed E-state index contributed by atoms with van der Waals surface area (Å²) >= 11 is 3.40. The Morgan fingerprint density at radius 2 is 1.93 bits per heavy atom. The highest BCUT2D eigenvalue weighted by Gasteiger charge is 2.08. The predicted molar refractivity (Wildman–Crippen MR) is 108 cm³/mol. The molecule has 0 atom stereocenters. The van der Waals surface area contributed by atoms with Gasteiger partial charge in [-0.2, -0.15) is 5.10 Å². The minimum Gasteiger partial charge on any atom is -0.439 e. The molecule has 1 amide bonds. The van der Waals surface area contributed by atoms with Crippen molar-refractivity contribution < 1.29 is 9.53 Å². The monoisotopic (exact) mass is 435 g/mol. The maximum Gasteiger partial charge on any atom is 0.255 e. The molecule has 0 aliphatic carbocycles. The van der Waals surface area contributed by atoms with E-state index >= 15 is 0 Å². The summed E-state index contributed by atoms with van der Waals surface area (Å²) in [5.74, 6) is 0.881. The topological polar surface area (TPSA) is 81.9 Å². The van der Waals surface area contributed by atoms with E-state index in [0.717, 1.165) is 10.2 Å². The summed E-state index contributed by atoms with van der Waals surface area (Å²) in [5.41, 5.74) is 1.93. The fourth-order valence-electron chi connectivity index (χ4n) is 2.48. The molecule has 0 saturated carbocycles. The van der Waals surface area contributed by atoms with Crippen LogP contribution in [0.25, 0.3) is 5.69 Å². The van der Waals surface area contributed by atoms with Gasteiger partial charge in [-0.15, -0.1) is 0 Å². The fraction of sp³-hybridized carbons (Fsp3) is 0. The highest BCUT2D eigenvalue weighted by molar-refractivity contribution is 9.10. The SMILES string of the molecule is O=C(Nc1ccc(Oc2cccc(Br)c2)nc1)c1ccc(-n2cncn2)cc1. The van der Waals surface area contributed by atoms with Crippen molar-refractivity contribution in [2.45, 2.75) is 0 Å². The number of carbonyl (C=O) groups is 1. The summed E-state index contributed by atoms with van der Waals surface area (Å²) in [7, 11) is 0. The van der Waals surface area contributed by atoms with E-state index in [1.54, 1.807) is 53.6 Å². The molecule has 2 aromatic heterocycles. The van der Waals surface area contributed by atoms with Gasteiger partial charge in [0.25, 0.3) is 5.91 Å². The fourth-order valence-corrected chi connectivity index (χ4v) is 2.85. The quantitative estimate of drug-likeness (QED) is 0.499. The van der Waals surface area contributed by atoms with E-state index in [-0.39, 0.29) is 5.91 Å². The van der Waals surface area contributed by atoms with E-state index in [0.29, 0.717) is 22.9 Å². The first-order valence-corrected chi connectivity index (χ1v) is 9.12. The number of nitrogens with one attached hydrogen (secondary N) is 1. The number of amides is 1. The molecule has 4 rings (SSSR count). The van der Waals surface area contributed by atoms with Crippen LogP contribution >= 0.6 is 15.9 Å². The first-order chi connectivity index (χ1) is 13.7. The summed E-state index contributed by atoms with van der Waals surface area (Å²) in [6.07, 6.45) is 4.60. The lowest BCUT2D eigenvalue weighted by Gasteiger charge is -2.08. The Labute approximate surface area is 169 Å². The van der Waals surface area contributed by atoms with E-state index in [4.69, 9.17) is 4.74 Å². The summed E-state index contributed by atoms with van der Waals surface area (Å²) in [4.78, 5) is 20.5. The molecule has 28 heavy (non-hydrogen) atoms. The molecule has 0 aliphatic rings. The zero-order valence-corrected chi connectivity index (χ0v) is 16.1. The van der Waals surface area contributed by atoms with Crippen molar-refractivity contribution in [2.75, 3.05) is 5.32 Å². The standard InChI is InChI=1S/C20H14BrN5O2/c21-15-2-1-3-18(10-15)28-19-9-6-16(11-23-19)25-20(27)14-4-7-17(8-5-14)26-13-22-12-24-26/h1-13H,(H,25,27). The summed E-state index contributed by atoms with van der Waals surface area (Å²) < 4.78 is 8.23. The number of hydrogen-bond acceptors (Lipinski definition) is 5. The van der Waals surface area contributed by atoms with Crippen LogP contribution in [0.5, 0.6) is 11.6 Å². The van der Waals surface area contributed by atoms with Crippen molar-refractivity contribution >= 4 is 27.5 Å². The number of ether oxygens (including phenoxy) is 1. The number of pyridine rings is 1. The van der Waals surface area contributed by atoms with E-state index < -0.39 is 0 Å². The normalized spacial score (nSPS) is 10.5. The number of hydrogen-bond donors (Lipinski definition) is 1. The van der Waals surface area contributed by atoms with E-state index in [9.17, 15) is 4.79 Å². The molecule has 0 fully saturated rings. The number of carbonyl (C=O) groups excluding carboxylic acids is 1. The number of benzene rings is 2. The van der Waals surface area contributed by atoms with Gasteiger partial charge in [0.1, 0.15) is 18.4 Å². The lowest BCUT2D eigenvalue weighted by molar-refractivity contribution is 0.102. The number of halogens is 1. The molecule has 8 heteroatoms. The molecule has 7 nitrogen and oxygen atoms in total. The van der Waals surface area contributed by atoms with Gasteiger partial charge >= 0.3 is 0 Å². The molecule has 2 aromatic carbocycles. The van der Waals surface area contributed by atoms with Gasteiger partial charge < -0.3 is 10.1 Å². The lowest BCUT2D eigenvalue weighted by Crippen LogP contribution is -2.12.